The van der Waals surface area contributed by atoms with Crippen LogP contribution in [-0.4, -0.2) is 48.9 Å². The molecular weight excluding hydrogens is 421 g/mol. The van der Waals surface area contributed by atoms with E-state index in [1.54, 1.807) is 11.0 Å². The molecule has 3 heterocycles. The summed E-state index contributed by atoms with van der Waals surface area (Å²) in [5.74, 6) is -0.795. The van der Waals surface area contributed by atoms with E-state index in [0.29, 0.717) is 23.4 Å². The lowest BCUT2D eigenvalue weighted by atomic mass is 10.1. The largest absolute Gasteiger partial charge is 0.390 e. The van der Waals surface area contributed by atoms with Gasteiger partial charge in [-0.3, -0.25) is 9.52 Å². The highest BCUT2D eigenvalue weighted by atomic mass is 32.2. The summed E-state index contributed by atoms with van der Waals surface area (Å²) >= 11 is 0.974. The number of halogens is 1. The van der Waals surface area contributed by atoms with E-state index in [1.807, 2.05) is 0 Å². The van der Waals surface area contributed by atoms with E-state index in [0.717, 1.165) is 23.5 Å². The average molecular weight is 439 g/mol. The number of piperidine rings is 1. The topological polar surface area (TPSA) is 123 Å². The number of hydrogen-bond donors (Lipinski definition) is 4. The van der Waals surface area contributed by atoms with E-state index in [-0.39, 0.29) is 21.8 Å². The second kappa shape index (κ2) is 7.41. The number of fused-ring (bicyclic) bond motifs is 1. The SMILES string of the molecule is O=c1[nH]ccc2cc(F)c(NS(=O)(=O)c3ccc(N4CCC(O)C(O)C4)s3)cc12. The Morgan fingerprint density at radius 3 is 2.76 bits per heavy atom. The van der Waals surface area contributed by atoms with Gasteiger partial charge < -0.3 is 20.1 Å². The Kier molecular flexibility index (Phi) is 5.07. The third kappa shape index (κ3) is 3.86. The highest BCUT2D eigenvalue weighted by Crippen LogP contribution is 2.33. The van der Waals surface area contributed by atoms with Gasteiger partial charge in [-0.2, -0.15) is 0 Å². The molecule has 1 fully saturated rings. The molecule has 11 heteroatoms. The minimum absolute atomic E-state index is 0.0328. The molecule has 0 bridgehead atoms. The lowest BCUT2D eigenvalue weighted by Gasteiger charge is -2.33. The number of nitrogens with zero attached hydrogens (tertiary/aromatic N) is 1. The number of sulfonamides is 1. The van der Waals surface area contributed by atoms with Gasteiger partial charge in [-0.1, -0.05) is 0 Å². The van der Waals surface area contributed by atoms with Crippen molar-refractivity contribution in [1.82, 2.24) is 4.98 Å². The predicted molar refractivity (Wildman–Crippen MR) is 108 cm³/mol. The summed E-state index contributed by atoms with van der Waals surface area (Å²) in [5.41, 5.74) is -0.770. The van der Waals surface area contributed by atoms with Crippen molar-refractivity contribution < 1.29 is 23.0 Å². The molecule has 1 aromatic carbocycles. The first-order chi connectivity index (χ1) is 13.7. The van der Waals surface area contributed by atoms with Gasteiger partial charge in [-0.15, -0.1) is 11.3 Å². The maximum atomic E-state index is 14.4. The molecule has 0 saturated carbocycles. The molecule has 2 unspecified atom stereocenters. The summed E-state index contributed by atoms with van der Waals surface area (Å²) in [4.78, 5) is 16.2. The minimum Gasteiger partial charge on any atom is -0.390 e. The summed E-state index contributed by atoms with van der Waals surface area (Å²) in [6.07, 6.45) is 0.0531. The average Bonchev–Trinajstić information content (AvgIpc) is 3.16. The molecule has 0 radical (unpaired) electrons. The maximum absolute atomic E-state index is 14.4. The van der Waals surface area contributed by atoms with Gasteiger partial charge in [0.05, 0.1) is 22.9 Å². The number of aliphatic hydroxyl groups is 2. The van der Waals surface area contributed by atoms with Crippen molar-refractivity contribution in [3.8, 4) is 0 Å². The molecule has 1 saturated heterocycles. The number of β-amino-alcohol motifs (C(OH)–C–C–N with tert-alkyl or cyclic N) is 1. The van der Waals surface area contributed by atoms with Gasteiger partial charge in [0, 0.05) is 24.7 Å². The van der Waals surface area contributed by atoms with Crippen LogP contribution in [0, 0.1) is 5.82 Å². The first-order valence-corrected chi connectivity index (χ1v) is 11.1. The van der Waals surface area contributed by atoms with Gasteiger partial charge >= 0.3 is 0 Å². The standard InChI is InChI=1S/C18H18FN3O5S2/c19-12-7-10-3-5-20-18(25)11(10)8-13(12)21-29(26,27)17-2-1-16(28-17)22-6-4-14(23)15(24)9-22/h1-3,5,7-8,14-15,21,23-24H,4,6,9H2,(H,20,25). The van der Waals surface area contributed by atoms with Crippen molar-refractivity contribution in [1.29, 1.82) is 0 Å². The zero-order valence-corrected chi connectivity index (χ0v) is 16.6. The van der Waals surface area contributed by atoms with E-state index in [9.17, 15) is 27.8 Å². The Balaban J connectivity index is 1.61. The van der Waals surface area contributed by atoms with Gasteiger partial charge in [0.1, 0.15) is 10.0 Å². The van der Waals surface area contributed by atoms with Crippen molar-refractivity contribution in [2.24, 2.45) is 0 Å². The normalized spacial score (nSPS) is 20.2. The smallest absolute Gasteiger partial charge is 0.271 e. The Labute approximate surface area is 169 Å². The van der Waals surface area contributed by atoms with Crippen LogP contribution in [0.4, 0.5) is 15.1 Å². The zero-order chi connectivity index (χ0) is 20.8. The lowest BCUT2D eigenvalue weighted by molar-refractivity contribution is 0.00816. The quantitative estimate of drug-likeness (QED) is 0.488. The third-order valence-electron chi connectivity index (χ3n) is 4.80. The van der Waals surface area contributed by atoms with Crippen molar-refractivity contribution >= 4 is 42.8 Å². The molecule has 0 amide bonds. The van der Waals surface area contributed by atoms with Gasteiger partial charge in [-0.05, 0) is 42.1 Å². The minimum atomic E-state index is -4.08. The number of thiophene rings is 1. The molecule has 154 valence electrons. The molecule has 8 nitrogen and oxygen atoms in total. The highest BCUT2D eigenvalue weighted by molar-refractivity contribution is 7.94. The third-order valence-corrected chi connectivity index (χ3v) is 7.80. The molecule has 0 aliphatic carbocycles. The van der Waals surface area contributed by atoms with Gasteiger partial charge in [0.25, 0.3) is 15.6 Å². The summed E-state index contributed by atoms with van der Waals surface area (Å²) < 4.78 is 42.0. The predicted octanol–water partition coefficient (Wildman–Crippen LogP) is 1.46. The number of rotatable bonds is 4. The van der Waals surface area contributed by atoms with E-state index in [2.05, 4.69) is 9.71 Å². The number of nitrogens with one attached hydrogen (secondary N) is 2. The maximum Gasteiger partial charge on any atom is 0.271 e. The molecular formula is C18H18FN3O5S2. The monoisotopic (exact) mass is 439 g/mol. The van der Waals surface area contributed by atoms with Gasteiger partial charge in [0.15, 0.2) is 0 Å². The summed E-state index contributed by atoms with van der Waals surface area (Å²) in [6.45, 7) is 0.671. The fourth-order valence-corrected chi connectivity index (χ4v) is 5.61. The fraction of sp³-hybridized carbons (Fsp3) is 0.278. The van der Waals surface area contributed by atoms with Gasteiger partial charge in [0.2, 0.25) is 0 Å². The van der Waals surface area contributed by atoms with Crippen molar-refractivity contribution in [3.63, 3.8) is 0 Å². The number of aromatic amines is 1. The van der Waals surface area contributed by atoms with Crippen LogP contribution in [0.1, 0.15) is 6.42 Å². The molecule has 3 aromatic rings. The summed E-state index contributed by atoms with van der Waals surface area (Å²) in [7, 11) is -4.08. The molecule has 2 aromatic heterocycles. The Morgan fingerprint density at radius 1 is 1.21 bits per heavy atom. The Hall–Kier alpha value is -2.47. The molecule has 1 aliphatic heterocycles. The number of anilines is 2. The number of benzene rings is 1. The summed E-state index contributed by atoms with van der Waals surface area (Å²) in [5, 5.41) is 20.6. The fourth-order valence-electron chi connectivity index (χ4n) is 3.23. The second-order valence-electron chi connectivity index (χ2n) is 6.79. The lowest BCUT2D eigenvalue weighted by Crippen LogP contribution is -2.46. The van der Waals surface area contributed by atoms with Crippen LogP contribution < -0.4 is 15.2 Å². The molecule has 1 aliphatic rings. The number of aliphatic hydroxyl groups excluding tert-OH is 2. The molecule has 0 spiro atoms. The van der Waals surface area contributed by atoms with Crippen LogP contribution in [0.15, 0.2) is 45.5 Å². The van der Waals surface area contributed by atoms with Gasteiger partial charge in [-0.25, -0.2) is 12.8 Å². The van der Waals surface area contributed by atoms with Crippen LogP contribution >= 0.6 is 11.3 Å². The zero-order valence-electron chi connectivity index (χ0n) is 15.0. The molecule has 4 rings (SSSR count). The number of hydrogen-bond acceptors (Lipinski definition) is 7. The van der Waals surface area contributed by atoms with Crippen LogP contribution in [0.5, 0.6) is 0 Å². The van der Waals surface area contributed by atoms with E-state index >= 15 is 0 Å². The Bertz CT molecular complexity index is 1220. The Morgan fingerprint density at radius 2 is 2.00 bits per heavy atom. The molecule has 4 N–H and O–H groups in total. The van der Waals surface area contributed by atoms with Crippen molar-refractivity contribution in [2.75, 3.05) is 22.7 Å². The molecule has 29 heavy (non-hydrogen) atoms. The van der Waals surface area contributed by atoms with Crippen molar-refractivity contribution in [3.05, 3.63) is 52.7 Å². The summed E-state index contributed by atoms with van der Waals surface area (Å²) in [6, 6.07) is 6.78. The van der Waals surface area contributed by atoms with Crippen LogP contribution in [-0.2, 0) is 10.0 Å². The van der Waals surface area contributed by atoms with Crippen LogP contribution in [0.25, 0.3) is 10.8 Å². The van der Waals surface area contributed by atoms with Crippen LogP contribution in [0.2, 0.25) is 0 Å². The van der Waals surface area contributed by atoms with E-state index in [4.69, 9.17) is 0 Å². The van der Waals surface area contributed by atoms with E-state index < -0.39 is 33.6 Å². The first kappa shape index (κ1) is 19.8. The van der Waals surface area contributed by atoms with Crippen molar-refractivity contribution in [2.45, 2.75) is 22.8 Å². The number of pyridine rings is 1. The second-order valence-corrected chi connectivity index (χ2v) is 9.77. The van der Waals surface area contributed by atoms with E-state index in [1.165, 1.54) is 18.3 Å². The molecule has 2 atom stereocenters. The highest BCUT2D eigenvalue weighted by Gasteiger charge is 2.28. The number of H-pyrrole nitrogens is 1. The number of aromatic nitrogens is 1. The first-order valence-electron chi connectivity index (χ1n) is 8.79. The van der Waals surface area contributed by atoms with Crippen LogP contribution in [0.3, 0.4) is 0 Å².